The Morgan fingerprint density at radius 3 is 2.62 bits per heavy atom. The van der Waals surface area contributed by atoms with Crippen molar-refractivity contribution in [3.8, 4) is 0 Å². The largest absolute Gasteiger partial charge is 0.384 e. The van der Waals surface area contributed by atoms with Crippen LogP contribution in [-0.2, 0) is 14.6 Å². The number of nitrogens with zero attached hydrogens (tertiary/aromatic N) is 1. The second-order valence-corrected chi connectivity index (χ2v) is 7.36. The quantitative estimate of drug-likeness (QED) is 0.588. The maximum absolute atomic E-state index is 12.3. The maximum Gasteiger partial charge on any atom is 0.179 e. The van der Waals surface area contributed by atoms with E-state index in [1.54, 1.807) is 12.1 Å². The van der Waals surface area contributed by atoms with E-state index in [0.29, 0.717) is 24.8 Å². The molecule has 0 spiro atoms. The summed E-state index contributed by atoms with van der Waals surface area (Å²) < 4.78 is 29.9. The van der Waals surface area contributed by atoms with Gasteiger partial charge in [-0.15, -0.1) is 0 Å². The lowest BCUT2D eigenvalue weighted by Gasteiger charge is -2.22. The SMILES string of the molecule is CN(CCS(=O)(=O)c1ccc(C(=N)N)cc1)C1CCOC1. The molecule has 1 saturated heterocycles. The first-order valence-electron chi connectivity index (χ1n) is 6.85. The zero-order valence-electron chi connectivity index (χ0n) is 12.1. The van der Waals surface area contributed by atoms with Crippen LogP contribution < -0.4 is 5.73 Å². The molecule has 1 heterocycles. The van der Waals surface area contributed by atoms with E-state index in [-0.39, 0.29) is 16.5 Å². The summed E-state index contributed by atoms with van der Waals surface area (Å²) in [6.07, 6.45) is 0.948. The van der Waals surface area contributed by atoms with Crippen LogP contribution in [0, 0.1) is 5.41 Å². The summed E-state index contributed by atoms with van der Waals surface area (Å²) >= 11 is 0. The van der Waals surface area contributed by atoms with Crippen molar-refractivity contribution in [2.24, 2.45) is 5.73 Å². The Labute approximate surface area is 125 Å². The number of hydrogen-bond donors (Lipinski definition) is 2. The van der Waals surface area contributed by atoms with E-state index in [4.69, 9.17) is 15.9 Å². The van der Waals surface area contributed by atoms with Gasteiger partial charge in [0.1, 0.15) is 5.84 Å². The normalized spacial score (nSPS) is 19.0. The molecule has 0 radical (unpaired) electrons. The minimum absolute atomic E-state index is 0.0689. The van der Waals surface area contributed by atoms with Crippen LogP contribution in [0.5, 0.6) is 0 Å². The first-order chi connectivity index (χ1) is 9.90. The molecule has 0 aliphatic carbocycles. The Kier molecular flexibility index (Phi) is 4.97. The van der Waals surface area contributed by atoms with Gasteiger partial charge in [0.15, 0.2) is 9.84 Å². The van der Waals surface area contributed by atoms with Crippen LogP contribution in [-0.4, -0.2) is 57.8 Å². The van der Waals surface area contributed by atoms with Gasteiger partial charge < -0.3 is 15.4 Å². The molecule has 0 bridgehead atoms. The molecule has 21 heavy (non-hydrogen) atoms. The first kappa shape index (κ1) is 15.9. The number of benzene rings is 1. The fourth-order valence-corrected chi connectivity index (χ4v) is 3.59. The molecule has 0 amide bonds. The average Bonchev–Trinajstić information content (AvgIpc) is 2.99. The van der Waals surface area contributed by atoms with Crippen LogP contribution >= 0.6 is 0 Å². The molecule has 1 atom stereocenters. The van der Waals surface area contributed by atoms with Gasteiger partial charge in [0.25, 0.3) is 0 Å². The van der Waals surface area contributed by atoms with E-state index in [0.717, 1.165) is 13.0 Å². The van der Waals surface area contributed by atoms with Crippen LogP contribution in [0.3, 0.4) is 0 Å². The van der Waals surface area contributed by atoms with Crippen molar-refractivity contribution in [2.45, 2.75) is 17.4 Å². The van der Waals surface area contributed by atoms with Gasteiger partial charge in [-0.2, -0.15) is 0 Å². The van der Waals surface area contributed by atoms with Gasteiger partial charge in [-0.3, -0.25) is 5.41 Å². The third kappa shape index (κ3) is 4.03. The highest BCUT2D eigenvalue weighted by Gasteiger charge is 2.22. The molecular formula is C14H21N3O3S. The highest BCUT2D eigenvalue weighted by Crippen LogP contribution is 2.15. The van der Waals surface area contributed by atoms with E-state index >= 15 is 0 Å². The molecule has 1 aromatic carbocycles. The zero-order chi connectivity index (χ0) is 15.5. The molecule has 1 aromatic rings. The average molecular weight is 311 g/mol. The minimum atomic E-state index is -3.32. The van der Waals surface area contributed by atoms with Crippen LogP contribution in [0.15, 0.2) is 29.2 Å². The lowest BCUT2D eigenvalue weighted by molar-refractivity contribution is 0.162. The van der Waals surface area contributed by atoms with Crippen molar-refractivity contribution in [3.05, 3.63) is 29.8 Å². The predicted octanol–water partition coefficient (Wildman–Crippen LogP) is 0.465. The second kappa shape index (κ2) is 6.55. The smallest absolute Gasteiger partial charge is 0.179 e. The molecule has 3 N–H and O–H groups in total. The lowest BCUT2D eigenvalue weighted by atomic mass is 10.2. The fraction of sp³-hybridized carbons (Fsp3) is 0.500. The molecule has 0 aromatic heterocycles. The Hall–Kier alpha value is -1.44. The third-order valence-electron chi connectivity index (χ3n) is 3.77. The summed E-state index contributed by atoms with van der Waals surface area (Å²) in [5.41, 5.74) is 5.88. The van der Waals surface area contributed by atoms with Gasteiger partial charge in [-0.1, -0.05) is 12.1 Å². The Morgan fingerprint density at radius 1 is 1.43 bits per heavy atom. The van der Waals surface area contributed by atoms with Gasteiger partial charge in [0, 0.05) is 24.8 Å². The number of rotatable bonds is 6. The lowest BCUT2D eigenvalue weighted by Crippen LogP contribution is -2.35. The summed E-state index contributed by atoms with van der Waals surface area (Å²) in [5, 5.41) is 7.30. The number of sulfone groups is 1. The summed E-state index contributed by atoms with van der Waals surface area (Å²) in [6, 6.07) is 6.43. The van der Waals surface area contributed by atoms with Crippen molar-refractivity contribution in [2.75, 3.05) is 32.6 Å². The van der Waals surface area contributed by atoms with E-state index in [9.17, 15) is 8.42 Å². The van der Waals surface area contributed by atoms with E-state index in [1.807, 2.05) is 11.9 Å². The summed E-state index contributed by atoms with van der Waals surface area (Å²) in [5.74, 6) is -0.000656. The highest BCUT2D eigenvalue weighted by atomic mass is 32.2. The van der Waals surface area contributed by atoms with Crippen molar-refractivity contribution in [3.63, 3.8) is 0 Å². The molecular weight excluding hydrogens is 290 g/mol. The van der Waals surface area contributed by atoms with Crippen molar-refractivity contribution in [1.82, 2.24) is 4.90 Å². The molecule has 1 fully saturated rings. The van der Waals surface area contributed by atoms with Crippen molar-refractivity contribution in [1.29, 1.82) is 5.41 Å². The van der Waals surface area contributed by atoms with Crippen molar-refractivity contribution >= 4 is 15.7 Å². The number of hydrogen-bond acceptors (Lipinski definition) is 5. The Morgan fingerprint density at radius 2 is 2.10 bits per heavy atom. The van der Waals surface area contributed by atoms with Crippen LogP contribution in [0.25, 0.3) is 0 Å². The number of nitrogen functional groups attached to an aromatic ring is 1. The molecule has 1 unspecified atom stereocenters. The van der Waals surface area contributed by atoms with Gasteiger partial charge in [0.2, 0.25) is 0 Å². The number of nitrogens with one attached hydrogen (secondary N) is 1. The minimum Gasteiger partial charge on any atom is -0.384 e. The topological polar surface area (TPSA) is 96.5 Å². The van der Waals surface area contributed by atoms with E-state index in [2.05, 4.69) is 0 Å². The third-order valence-corrected chi connectivity index (χ3v) is 5.48. The summed E-state index contributed by atoms with van der Waals surface area (Å²) in [4.78, 5) is 2.30. The number of ether oxygens (including phenoxy) is 1. The standard InChI is InChI=1S/C14H21N3O3S/c1-17(12-6-8-20-10-12)7-9-21(18,19)13-4-2-11(3-5-13)14(15)16/h2-5,12H,6-10H2,1H3,(H3,15,16). The van der Waals surface area contributed by atoms with Gasteiger partial charge in [-0.25, -0.2) is 8.42 Å². The van der Waals surface area contributed by atoms with Crippen LogP contribution in [0.1, 0.15) is 12.0 Å². The monoisotopic (exact) mass is 311 g/mol. The zero-order valence-corrected chi connectivity index (χ0v) is 12.9. The summed E-state index contributed by atoms with van der Waals surface area (Å²) in [7, 11) is -1.40. The van der Waals surface area contributed by atoms with Gasteiger partial charge in [-0.05, 0) is 25.6 Å². The van der Waals surface area contributed by atoms with E-state index < -0.39 is 9.84 Å². The molecule has 1 aliphatic heterocycles. The predicted molar refractivity (Wildman–Crippen MR) is 81.4 cm³/mol. The molecule has 6 nitrogen and oxygen atoms in total. The summed E-state index contributed by atoms with van der Waals surface area (Å²) in [6.45, 7) is 1.89. The Bertz CT molecular complexity index is 592. The fourth-order valence-electron chi connectivity index (χ4n) is 2.28. The number of nitrogens with two attached hydrogens (primary N) is 1. The van der Waals surface area contributed by atoms with Crippen LogP contribution in [0.4, 0.5) is 0 Å². The van der Waals surface area contributed by atoms with E-state index in [1.165, 1.54) is 12.1 Å². The van der Waals surface area contributed by atoms with Crippen LogP contribution in [0.2, 0.25) is 0 Å². The molecule has 7 heteroatoms. The van der Waals surface area contributed by atoms with Gasteiger partial charge in [0.05, 0.1) is 17.3 Å². The Balaban J connectivity index is 1.99. The molecule has 0 saturated carbocycles. The number of likely N-dealkylation sites (N-methyl/N-ethyl adjacent to an activating group) is 1. The maximum atomic E-state index is 12.3. The molecule has 2 rings (SSSR count). The molecule has 116 valence electrons. The second-order valence-electron chi connectivity index (χ2n) is 5.25. The van der Waals surface area contributed by atoms with Crippen molar-refractivity contribution < 1.29 is 13.2 Å². The van der Waals surface area contributed by atoms with Gasteiger partial charge >= 0.3 is 0 Å². The molecule has 1 aliphatic rings. The first-order valence-corrected chi connectivity index (χ1v) is 8.50. The number of amidine groups is 1. The highest BCUT2D eigenvalue weighted by molar-refractivity contribution is 7.91.